The molecule has 0 amide bonds. The molecule has 1 aromatic carbocycles. The Labute approximate surface area is 106 Å². The zero-order valence-corrected chi connectivity index (χ0v) is 10.2. The molecule has 0 aliphatic rings. The highest BCUT2D eigenvalue weighted by Gasteiger charge is 2.09. The fraction of sp³-hybridized carbons (Fsp3) is 0.214. The summed E-state index contributed by atoms with van der Waals surface area (Å²) in [5.41, 5.74) is 1.61. The van der Waals surface area contributed by atoms with Crippen molar-refractivity contribution in [1.29, 1.82) is 0 Å². The second kappa shape index (κ2) is 5.51. The second-order valence-corrected chi connectivity index (χ2v) is 4.14. The number of pyridine rings is 1. The van der Waals surface area contributed by atoms with Gasteiger partial charge in [-0.3, -0.25) is 4.98 Å². The summed E-state index contributed by atoms with van der Waals surface area (Å²) in [4.78, 5) is 4.26. The lowest BCUT2D eigenvalue weighted by Crippen LogP contribution is -2.19. The third-order valence-corrected chi connectivity index (χ3v) is 2.83. The molecule has 0 unspecified atom stereocenters. The monoisotopic (exact) mass is 244 g/mol. The van der Waals surface area contributed by atoms with Gasteiger partial charge in [0.2, 0.25) is 0 Å². The lowest BCUT2D eigenvalue weighted by Gasteiger charge is -2.14. The Kier molecular flexibility index (Phi) is 3.79. The maximum Gasteiger partial charge on any atom is 0.161 e. The molecule has 0 spiro atoms. The largest absolute Gasteiger partial charge is 0.504 e. The van der Waals surface area contributed by atoms with Gasteiger partial charge in [0.25, 0.3) is 0 Å². The van der Waals surface area contributed by atoms with Crippen LogP contribution in [0.25, 0.3) is 0 Å². The number of phenolic OH excluding ortho intramolecular Hbond substituents is 2. The van der Waals surface area contributed by atoms with E-state index in [0.717, 1.165) is 5.69 Å². The number of para-hydroxylation sites is 1. The van der Waals surface area contributed by atoms with Crippen LogP contribution in [0.4, 0.5) is 0 Å². The number of hydrogen-bond acceptors (Lipinski definition) is 4. The van der Waals surface area contributed by atoms with Crippen LogP contribution in [0.5, 0.6) is 11.5 Å². The summed E-state index contributed by atoms with van der Waals surface area (Å²) in [5, 5.41) is 22.3. The number of rotatable bonds is 4. The predicted octanol–water partition coefficient (Wildman–Crippen LogP) is 2.34. The standard InChI is InChI=1S/C14H16N2O2/c1-10(12-6-2-3-8-15-12)16-9-11-5-4-7-13(17)14(11)18/h2-8,10,16-18H,9H2,1H3/t10-/m1/s1. The summed E-state index contributed by atoms with van der Waals surface area (Å²) in [5.74, 6) is -0.169. The SMILES string of the molecule is C[C@@H](NCc1cccc(O)c1O)c1ccccn1. The summed E-state index contributed by atoms with van der Waals surface area (Å²) in [6.45, 7) is 2.47. The van der Waals surface area contributed by atoms with Crippen LogP contribution in [0.3, 0.4) is 0 Å². The van der Waals surface area contributed by atoms with Gasteiger partial charge in [-0.1, -0.05) is 18.2 Å². The highest BCUT2D eigenvalue weighted by molar-refractivity contribution is 5.44. The van der Waals surface area contributed by atoms with Crippen LogP contribution in [-0.2, 0) is 6.54 Å². The van der Waals surface area contributed by atoms with E-state index >= 15 is 0 Å². The van der Waals surface area contributed by atoms with Crippen molar-refractivity contribution < 1.29 is 10.2 Å². The molecule has 0 saturated heterocycles. The third-order valence-electron chi connectivity index (χ3n) is 2.83. The molecular formula is C14H16N2O2. The van der Waals surface area contributed by atoms with Crippen molar-refractivity contribution in [2.24, 2.45) is 0 Å². The number of aromatic nitrogens is 1. The Morgan fingerprint density at radius 2 is 2.00 bits per heavy atom. The number of aromatic hydroxyl groups is 2. The Morgan fingerprint density at radius 3 is 2.72 bits per heavy atom. The molecule has 4 heteroatoms. The number of benzene rings is 1. The topological polar surface area (TPSA) is 65.4 Å². The fourth-order valence-corrected chi connectivity index (χ4v) is 1.72. The quantitative estimate of drug-likeness (QED) is 0.722. The maximum atomic E-state index is 9.68. The Bertz CT molecular complexity index is 514. The van der Waals surface area contributed by atoms with E-state index in [-0.39, 0.29) is 17.5 Å². The van der Waals surface area contributed by atoms with E-state index in [1.165, 1.54) is 6.07 Å². The van der Waals surface area contributed by atoms with Crippen LogP contribution in [0, 0.1) is 0 Å². The van der Waals surface area contributed by atoms with Crippen LogP contribution in [-0.4, -0.2) is 15.2 Å². The molecular weight excluding hydrogens is 228 g/mol. The first kappa shape index (κ1) is 12.4. The summed E-state index contributed by atoms with van der Waals surface area (Å²) in [6.07, 6.45) is 1.75. The van der Waals surface area contributed by atoms with Gasteiger partial charge in [0.05, 0.1) is 5.69 Å². The maximum absolute atomic E-state index is 9.68. The molecule has 3 N–H and O–H groups in total. The van der Waals surface area contributed by atoms with Crippen LogP contribution in [0.1, 0.15) is 24.2 Å². The summed E-state index contributed by atoms with van der Waals surface area (Å²) >= 11 is 0. The predicted molar refractivity (Wildman–Crippen MR) is 69.3 cm³/mol. The molecule has 1 heterocycles. The van der Waals surface area contributed by atoms with Gasteiger partial charge < -0.3 is 15.5 Å². The molecule has 18 heavy (non-hydrogen) atoms. The first-order chi connectivity index (χ1) is 8.68. The fourth-order valence-electron chi connectivity index (χ4n) is 1.72. The van der Waals surface area contributed by atoms with Crippen molar-refractivity contribution >= 4 is 0 Å². The van der Waals surface area contributed by atoms with E-state index in [1.807, 2.05) is 25.1 Å². The van der Waals surface area contributed by atoms with E-state index < -0.39 is 0 Å². The lowest BCUT2D eigenvalue weighted by molar-refractivity contribution is 0.396. The number of hydrogen-bond donors (Lipinski definition) is 3. The molecule has 4 nitrogen and oxygen atoms in total. The van der Waals surface area contributed by atoms with Gasteiger partial charge in [-0.2, -0.15) is 0 Å². The van der Waals surface area contributed by atoms with E-state index in [9.17, 15) is 10.2 Å². The minimum Gasteiger partial charge on any atom is -0.504 e. The zero-order chi connectivity index (χ0) is 13.0. The van der Waals surface area contributed by atoms with Crippen molar-refractivity contribution in [3.8, 4) is 11.5 Å². The minimum absolute atomic E-state index is 0.0711. The Morgan fingerprint density at radius 1 is 1.17 bits per heavy atom. The van der Waals surface area contributed by atoms with E-state index in [1.54, 1.807) is 18.3 Å². The molecule has 1 atom stereocenters. The second-order valence-electron chi connectivity index (χ2n) is 4.14. The van der Waals surface area contributed by atoms with Gasteiger partial charge in [0.1, 0.15) is 0 Å². The third kappa shape index (κ3) is 2.78. The molecule has 2 rings (SSSR count). The first-order valence-electron chi connectivity index (χ1n) is 5.82. The molecule has 0 aliphatic heterocycles. The Hall–Kier alpha value is -2.07. The molecule has 2 aromatic rings. The number of nitrogens with one attached hydrogen (secondary N) is 1. The zero-order valence-electron chi connectivity index (χ0n) is 10.2. The summed E-state index contributed by atoms with van der Waals surface area (Å²) in [7, 11) is 0. The highest BCUT2D eigenvalue weighted by atomic mass is 16.3. The number of phenols is 2. The van der Waals surface area contributed by atoms with Gasteiger partial charge in [-0.15, -0.1) is 0 Å². The average molecular weight is 244 g/mol. The van der Waals surface area contributed by atoms with Crippen LogP contribution >= 0.6 is 0 Å². The molecule has 0 bridgehead atoms. The van der Waals surface area contributed by atoms with Crippen molar-refractivity contribution in [3.63, 3.8) is 0 Å². The molecule has 0 aliphatic carbocycles. The normalized spacial score (nSPS) is 12.3. The van der Waals surface area contributed by atoms with Gasteiger partial charge in [0.15, 0.2) is 11.5 Å². The smallest absolute Gasteiger partial charge is 0.161 e. The number of nitrogens with zero attached hydrogens (tertiary/aromatic N) is 1. The highest BCUT2D eigenvalue weighted by Crippen LogP contribution is 2.28. The van der Waals surface area contributed by atoms with Gasteiger partial charge in [-0.25, -0.2) is 0 Å². The van der Waals surface area contributed by atoms with Gasteiger partial charge >= 0.3 is 0 Å². The van der Waals surface area contributed by atoms with Crippen molar-refractivity contribution in [3.05, 3.63) is 53.9 Å². The van der Waals surface area contributed by atoms with Crippen LogP contribution < -0.4 is 5.32 Å². The minimum atomic E-state index is -0.0974. The average Bonchev–Trinajstić information content (AvgIpc) is 2.41. The van der Waals surface area contributed by atoms with E-state index in [4.69, 9.17) is 0 Å². The summed E-state index contributed by atoms with van der Waals surface area (Å²) in [6, 6.07) is 10.8. The van der Waals surface area contributed by atoms with Gasteiger partial charge in [-0.05, 0) is 25.1 Å². The van der Waals surface area contributed by atoms with Crippen molar-refractivity contribution in [2.45, 2.75) is 19.5 Å². The van der Waals surface area contributed by atoms with Crippen LogP contribution in [0.15, 0.2) is 42.6 Å². The molecule has 94 valence electrons. The lowest BCUT2D eigenvalue weighted by atomic mass is 10.1. The van der Waals surface area contributed by atoms with E-state index in [0.29, 0.717) is 12.1 Å². The molecule has 1 aromatic heterocycles. The van der Waals surface area contributed by atoms with Gasteiger partial charge in [0, 0.05) is 24.3 Å². The van der Waals surface area contributed by atoms with Crippen molar-refractivity contribution in [1.82, 2.24) is 10.3 Å². The first-order valence-corrected chi connectivity index (χ1v) is 5.82. The molecule has 0 fully saturated rings. The van der Waals surface area contributed by atoms with E-state index in [2.05, 4.69) is 10.3 Å². The molecule has 0 radical (unpaired) electrons. The molecule has 0 saturated carbocycles. The Balaban J connectivity index is 2.02. The summed E-state index contributed by atoms with van der Waals surface area (Å²) < 4.78 is 0. The van der Waals surface area contributed by atoms with Crippen molar-refractivity contribution in [2.75, 3.05) is 0 Å². The van der Waals surface area contributed by atoms with Crippen LogP contribution in [0.2, 0.25) is 0 Å².